The summed E-state index contributed by atoms with van der Waals surface area (Å²) in [5, 5.41) is 90.3. The molecule has 4 unspecified atom stereocenters. The monoisotopic (exact) mass is 775 g/mol. The first kappa shape index (κ1) is 45.8. The molecule has 12 atom stereocenters. The van der Waals surface area contributed by atoms with Gasteiger partial charge in [0.05, 0.1) is 19.6 Å². The number of aliphatic hydroxyl groups excluding tert-OH is 8. The van der Waals surface area contributed by atoms with Crippen LogP contribution in [0.1, 0.15) is 32.8 Å². The number of carbonyl (C=O) groups excluding carboxylic acids is 6. The van der Waals surface area contributed by atoms with Crippen LogP contribution in [0.2, 0.25) is 0 Å². The van der Waals surface area contributed by atoms with Crippen molar-refractivity contribution in [2.24, 2.45) is 11.7 Å². The van der Waals surface area contributed by atoms with E-state index in [0.717, 1.165) is 0 Å². The zero-order chi connectivity index (χ0) is 40.9. The van der Waals surface area contributed by atoms with Gasteiger partial charge in [0.25, 0.3) is 12.4 Å². The van der Waals surface area contributed by atoms with Gasteiger partial charge in [0.2, 0.25) is 23.6 Å². The SMILES string of the molecule is CC(NC(=O)C(NC(=O)[C@H](O)[C@H](O)C(O[C@@H]1O[C@H](CO)[C@H](O)[C@H](O)[C@H]1O)[C@H](O)CO)C(C)C)C(=O)NC(CC(N)=O)C(=O)Nc1ccc(COC=O)cc1. The van der Waals surface area contributed by atoms with Crippen LogP contribution in [0.3, 0.4) is 0 Å². The van der Waals surface area contributed by atoms with E-state index in [1.54, 1.807) is 12.1 Å². The lowest BCUT2D eigenvalue weighted by Gasteiger charge is -2.42. The number of rotatable bonds is 21. The summed E-state index contributed by atoms with van der Waals surface area (Å²) in [4.78, 5) is 74.3. The van der Waals surface area contributed by atoms with E-state index in [4.69, 9.17) is 15.2 Å². The van der Waals surface area contributed by atoms with E-state index in [0.29, 0.717) is 5.56 Å². The summed E-state index contributed by atoms with van der Waals surface area (Å²) in [5.74, 6) is -5.81. The van der Waals surface area contributed by atoms with E-state index in [1.807, 2.05) is 0 Å². The van der Waals surface area contributed by atoms with Crippen molar-refractivity contribution >= 4 is 41.7 Å². The molecule has 1 aliphatic rings. The molecule has 54 heavy (non-hydrogen) atoms. The lowest BCUT2D eigenvalue weighted by molar-refractivity contribution is -0.326. The summed E-state index contributed by atoms with van der Waals surface area (Å²) in [6.45, 7) is 2.48. The van der Waals surface area contributed by atoms with Gasteiger partial charge in [-0.3, -0.25) is 28.8 Å². The predicted molar refractivity (Wildman–Crippen MR) is 180 cm³/mol. The Balaban J connectivity index is 2.10. The molecule has 1 aromatic rings. The molecule has 22 nitrogen and oxygen atoms in total. The van der Waals surface area contributed by atoms with Crippen molar-refractivity contribution < 1.29 is 83.8 Å². The molecular weight excluding hydrogens is 726 g/mol. The summed E-state index contributed by atoms with van der Waals surface area (Å²) < 4.78 is 15.1. The zero-order valence-corrected chi connectivity index (χ0v) is 29.6. The Morgan fingerprint density at radius 3 is 2.04 bits per heavy atom. The number of amides is 5. The molecule has 14 N–H and O–H groups in total. The highest BCUT2D eigenvalue weighted by molar-refractivity contribution is 6.00. The summed E-state index contributed by atoms with van der Waals surface area (Å²) in [7, 11) is 0. The highest BCUT2D eigenvalue weighted by Gasteiger charge is 2.47. The molecule has 0 aromatic heterocycles. The zero-order valence-electron chi connectivity index (χ0n) is 29.6. The normalized spacial score (nSPS) is 23.7. The molecule has 1 aliphatic heterocycles. The third kappa shape index (κ3) is 12.9. The van der Waals surface area contributed by atoms with Crippen LogP contribution in [0.5, 0.6) is 0 Å². The second-order valence-electron chi connectivity index (χ2n) is 12.8. The number of aliphatic hydroxyl groups is 8. The van der Waals surface area contributed by atoms with Gasteiger partial charge >= 0.3 is 0 Å². The van der Waals surface area contributed by atoms with E-state index in [-0.39, 0.29) is 18.8 Å². The van der Waals surface area contributed by atoms with E-state index < -0.39 is 128 Å². The van der Waals surface area contributed by atoms with Crippen LogP contribution >= 0.6 is 0 Å². The first-order valence-corrected chi connectivity index (χ1v) is 16.6. The van der Waals surface area contributed by atoms with Crippen molar-refractivity contribution in [1.82, 2.24) is 16.0 Å². The molecule has 0 bridgehead atoms. The topological polar surface area (TPSA) is 366 Å². The van der Waals surface area contributed by atoms with Crippen molar-refractivity contribution in [1.29, 1.82) is 0 Å². The quantitative estimate of drug-likeness (QED) is 0.0516. The van der Waals surface area contributed by atoms with Crippen LogP contribution in [0.25, 0.3) is 0 Å². The molecule has 1 fully saturated rings. The molecule has 0 spiro atoms. The van der Waals surface area contributed by atoms with E-state index >= 15 is 0 Å². The molecule has 5 amide bonds. The van der Waals surface area contributed by atoms with Crippen molar-refractivity contribution in [3.63, 3.8) is 0 Å². The number of ether oxygens (including phenoxy) is 3. The molecule has 1 heterocycles. The van der Waals surface area contributed by atoms with Gasteiger partial charge in [-0.2, -0.15) is 0 Å². The molecule has 0 radical (unpaired) electrons. The Morgan fingerprint density at radius 2 is 1.50 bits per heavy atom. The van der Waals surface area contributed by atoms with Crippen LogP contribution in [0.15, 0.2) is 24.3 Å². The Labute approximate surface area is 308 Å². The minimum Gasteiger partial charge on any atom is -0.463 e. The Bertz CT molecular complexity index is 1420. The van der Waals surface area contributed by atoms with E-state index in [9.17, 15) is 69.6 Å². The number of hydrogen-bond acceptors (Lipinski definition) is 17. The van der Waals surface area contributed by atoms with Gasteiger partial charge in [0, 0.05) is 5.69 Å². The second-order valence-corrected chi connectivity index (χ2v) is 12.8. The highest BCUT2D eigenvalue weighted by atomic mass is 16.7. The van der Waals surface area contributed by atoms with Crippen molar-refractivity contribution in [3.05, 3.63) is 29.8 Å². The van der Waals surface area contributed by atoms with Gasteiger partial charge in [-0.15, -0.1) is 0 Å². The standard InChI is InChI=1S/C32H49N5O17/c1-13(2)21(37-31(51)25(46)24(45)27(18(41)9-38)54-32-26(47)23(44)22(43)19(10-39)53-32)30(50)34-14(3)28(48)36-17(8-20(33)42)29(49)35-16-6-4-15(5-7-16)11-52-12-40/h4-7,12-14,17-19,21-27,32,38-39,41,43-47H,8-11H2,1-3H3,(H2,33,42)(H,34,50)(H,35,49)(H,36,48)(H,37,51)/t14?,17?,18-,19-,21?,22+,23+,24+,25-,26-,27?,32+/m1/s1. The van der Waals surface area contributed by atoms with Crippen LogP contribution in [0, 0.1) is 5.92 Å². The first-order valence-electron chi connectivity index (χ1n) is 16.6. The van der Waals surface area contributed by atoms with E-state index in [1.165, 1.54) is 32.9 Å². The van der Waals surface area contributed by atoms with Crippen LogP contribution in [-0.4, -0.2) is 163 Å². The number of nitrogens with one attached hydrogen (secondary N) is 4. The minimum absolute atomic E-state index is 0.00964. The third-order valence-corrected chi connectivity index (χ3v) is 8.21. The summed E-state index contributed by atoms with van der Waals surface area (Å²) in [5.41, 5.74) is 6.14. The molecule has 0 saturated carbocycles. The molecule has 22 heteroatoms. The Kier molecular flexibility index (Phi) is 18.2. The Hall–Kier alpha value is -4.36. The average Bonchev–Trinajstić information content (AvgIpc) is 3.13. The van der Waals surface area contributed by atoms with Crippen molar-refractivity contribution in [3.8, 4) is 0 Å². The highest BCUT2D eigenvalue weighted by Crippen LogP contribution is 2.25. The summed E-state index contributed by atoms with van der Waals surface area (Å²) in [6.07, 6.45) is -18.8. The summed E-state index contributed by atoms with van der Waals surface area (Å²) >= 11 is 0. The maximum atomic E-state index is 13.2. The van der Waals surface area contributed by atoms with Crippen LogP contribution in [-0.2, 0) is 49.6 Å². The maximum absolute atomic E-state index is 13.2. The molecule has 1 aromatic carbocycles. The number of hydrogen-bond donors (Lipinski definition) is 13. The lowest BCUT2D eigenvalue weighted by atomic mass is 9.98. The van der Waals surface area contributed by atoms with Gasteiger partial charge < -0.3 is 82.1 Å². The van der Waals surface area contributed by atoms with Crippen LogP contribution < -0.4 is 27.0 Å². The molecule has 0 aliphatic carbocycles. The average molecular weight is 776 g/mol. The first-order chi connectivity index (χ1) is 25.4. The number of anilines is 1. The van der Waals surface area contributed by atoms with E-state index in [2.05, 4.69) is 26.0 Å². The summed E-state index contributed by atoms with van der Waals surface area (Å²) in [6, 6.07) is 1.71. The van der Waals surface area contributed by atoms with Crippen molar-refractivity contribution in [2.45, 2.75) is 107 Å². The van der Waals surface area contributed by atoms with Gasteiger partial charge in [0.15, 0.2) is 12.4 Å². The smallest absolute Gasteiger partial charge is 0.293 e. The van der Waals surface area contributed by atoms with Gasteiger partial charge in [-0.25, -0.2) is 0 Å². The van der Waals surface area contributed by atoms with Gasteiger partial charge in [-0.05, 0) is 30.5 Å². The number of carbonyl (C=O) groups is 6. The molecular formula is C32H49N5O17. The van der Waals surface area contributed by atoms with Crippen LogP contribution in [0.4, 0.5) is 5.69 Å². The fraction of sp³-hybridized carbons (Fsp3) is 0.625. The molecule has 304 valence electrons. The Morgan fingerprint density at radius 1 is 0.870 bits per heavy atom. The fourth-order valence-electron chi connectivity index (χ4n) is 5.07. The minimum atomic E-state index is -2.48. The largest absolute Gasteiger partial charge is 0.463 e. The lowest BCUT2D eigenvalue weighted by Crippen LogP contribution is -2.62. The second kappa shape index (κ2) is 21.5. The predicted octanol–water partition coefficient (Wildman–Crippen LogP) is -6.44. The molecule has 2 rings (SSSR count). The third-order valence-electron chi connectivity index (χ3n) is 8.21. The molecule has 1 saturated heterocycles. The number of benzene rings is 1. The van der Waals surface area contributed by atoms with Gasteiger partial charge in [-0.1, -0.05) is 26.0 Å². The fourth-order valence-corrected chi connectivity index (χ4v) is 5.07. The number of primary amides is 1. The maximum Gasteiger partial charge on any atom is 0.293 e. The van der Waals surface area contributed by atoms with Crippen molar-refractivity contribution in [2.75, 3.05) is 18.5 Å². The van der Waals surface area contributed by atoms with Gasteiger partial charge in [0.1, 0.15) is 67.5 Å². The number of nitrogens with two attached hydrogens (primary N) is 1.